The molecular weight excluding hydrogens is 243 g/mol. The summed E-state index contributed by atoms with van der Waals surface area (Å²) in [6, 6.07) is 6.16. The number of halogens is 2. The van der Waals surface area contributed by atoms with Gasteiger partial charge in [0.15, 0.2) is 0 Å². The molecule has 2 N–H and O–H groups in total. The molecule has 1 aromatic carbocycles. The number of benzene rings is 1. The molecule has 0 saturated carbocycles. The Morgan fingerprint density at radius 1 is 1.31 bits per heavy atom. The summed E-state index contributed by atoms with van der Waals surface area (Å²) in [6.45, 7) is 2.90. The summed E-state index contributed by atoms with van der Waals surface area (Å²) in [5.74, 6) is 0. The van der Waals surface area contributed by atoms with E-state index in [0.29, 0.717) is 6.04 Å². The van der Waals surface area contributed by atoms with Crippen LogP contribution in [0.5, 0.6) is 0 Å². The van der Waals surface area contributed by atoms with Gasteiger partial charge in [0.2, 0.25) is 0 Å². The van der Waals surface area contributed by atoms with Crippen LogP contribution in [0.1, 0.15) is 18.4 Å². The maximum Gasteiger partial charge on any atom is 0.0465 e. The first-order chi connectivity index (χ1) is 7.77. The Hall–Kier alpha value is -0.280. The van der Waals surface area contributed by atoms with Crippen molar-refractivity contribution in [3.05, 3.63) is 33.8 Å². The molecule has 1 aliphatic heterocycles. The molecule has 0 bridgehead atoms. The van der Waals surface area contributed by atoms with Crippen LogP contribution in [0.15, 0.2) is 18.2 Å². The lowest BCUT2D eigenvalue weighted by molar-refractivity contribution is 0.389. The fraction of sp³-hybridized carbons (Fsp3) is 0.500. The van der Waals surface area contributed by atoms with E-state index in [9.17, 15) is 0 Å². The van der Waals surface area contributed by atoms with Crippen LogP contribution in [-0.2, 0) is 6.54 Å². The van der Waals surface area contributed by atoms with Crippen LogP contribution < -0.4 is 10.6 Å². The molecule has 0 amide bonds. The van der Waals surface area contributed by atoms with Gasteiger partial charge in [-0.2, -0.15) is 0 Å². The first-order valence-electron chi connectivity index (χ1n) is 5.64. The number of nitrogens with one attached hydrogen (secondary N) is 2. The Bertz CT molecular complexity index is 329. The summed E-state index contributed by atoms with van der Waals surface area (Å²) in [7, 11) is 0. The second-order valence-electron chi connectivity index (χ2n) is 4.12. The molecule has 0 radical (unpaired) electrons. The summed E-state index contributed by atoms with van der Waals surface area (Å²) in [5.41, 5.74) is 0.997. The Morgan fingerprint density at radius 2 is 2.06 bits per heavy atom. The van der Waals surface area contributed by atoms with E-state index in [1.807, 2.05) is 18.2 Å². The third-order valence-corrected chi connectivity index (χ3v) is 3.63. The standard InChI is InChI=1S/C12H16Cl2N2/c13-11-4-1-5-12(14)10(11)8-16-9-3-2-6-15-7-9/h1,4-5,9,15-16H,2-3,6-8H2/t9-/m0/s1. The van der Waals surface area contributed by atoms with E-state index in [4.69, 9.17) is 23.2 Å². The molecule has 0 spiro atoms. The quantitative estimate of drug-likeness (QED) is 0.872. The van der Waals surface area contributed by atoms with E-state index in [1.165, 1.54) is 12.8 Å². The highest BCUT2D eigenvalue weighted by Gasteiger charge is 2.13. The van der Waals surface area contributed by atoms with Crippen molar-refractivity contribution < 1.29 is 0 Å². The van der Waals surface area contributed by atoms with Crippen molar-refractivity contribution in [2.45, 2.75) is 25.4 Å². The predicted molar refractivity (Wildman–Crippen MR) is 69.2 cm³/mol. The predicted octanol–water partition coefficient (Wildman–Crippen LogP) is 2.84. The van der Waals surface area contributed by atoms with E-state index >= 15 is 0 Å². The minimum Gasteiger partial charge on any atom is -0.315 e. The molecule has 88 valence electrons. The highest BCUT2D eigenvalue weighted by Crippen LogP contribution is 2.24. The van der Waals surface area contributed by atoms with Gasteiger partial charge in [-0.15, -0.1) is 0 Å². The zero-order valence-electron chi connectivity index (χ0n) is 9.10. The van der Waals surface area contributed by atoms with Crippen LogP contribution in [0.25, 0.3) is 0 Å². The van der Waals surface area contributed by atoms with E-state index in [1.54, 1.807) is 0 Å². The number of hydrogen-bond donors (Lipinski definition) is 2. The smallest absolute Gasteiger partial charge is 0.0465 e. The largest absolute Gasteiger partial charge is 0.315 e. The zero-order chi connectivity index (χ0) is 11.4. The van der Waals surface area contributed by atoms with E-state index in [0.717, 1.165) is 35.2 Å². The van der Waals surface area contributed by atoms with Crippen LogP contribution in [0, 0.1) is 0 Å². The van der Waals surface area contributed by atoms with E-state index in [2.05, 4.69) is 10.6 Å². The van der Waals surface area contributed by atoms with Crippen LogP contribution in [0.4, 0.5) is 0 Å². The van der Waals surface area contributed by atoms with Gasteiger partial charge in [-0.05, 0) is 31.5 Å². The summed E-state index contributed by atoms with van der Waals surface area (Å²) < 4.78 is 0. The molecule has 1 fully saturated rings. The molecule has 1 aliphatic rings. The van der Waals surface area contributed by atoms with Crippen LogP contribution >= 0.6 is 23.2 Å². The van der Waals surface area contributed by atoms with Gasteiger partial charge in [0.25, 0.3) is 0 Å². The first-order valence-corrected chi connectivity index (χ1v) is 6.40. The Balaban J connectivity index is 1.93. The van der Waals surface area contributed by atoms with Crippen molar-refractivity contribution in [1.29, 1.82) is 0 Å². The highest BCUT2D eigenvalue weighted by molar-refractivity contribution is 6.35. The molecule has 0 aromatic heterocycles. The van der Waals surface area contributed by atoms with Gasteiger partial charge in [0.05, 0.1) is 0 Å². The average Bonchev–Trinajstić information content (AvgIpc) is 2.30. The van der Waals surface area contributed by atoms with Crippen LogP contribution in [0.2, 0.25) is 10.0 Å². The second kappa shape index (κ2) is 5.87. The lowest BCUT2D eigenvalue weighted by Gasteiger charge is -2.24. The first kappa shape index (κ1) is 12.2. The monoisotopic (exact) mass is 258 g/mol. The fourth-order valence-electron chi connectivity index (χ4n) is 1.97. The maximum atomic E-state index is 6.11. The molecule has 1 aromatic rings. The summed E-state index contributed by atoms with van der Waals surface area (Å²) in [5, 5.41) is 8.34. The summed E-state index contributed by atoms with van der Waals surface area (Å²) in [6.07, 6.45) is 2.45. The number of rotatable bonds is 3. The number of hydrogen-bond acceptors (Lipinski definition) is 2. The van der Waals surface area contributed by atoms with Crippen LogP contribution in [-0.4, -0.2) is 19.1 Å². The molecule has 2 rings (SSSR count). The van der Waals surface area contributed by atoms with Crippen molar-refractivity contribution in [3.8, 4) is 0 Å². The Labute approximate surface area is 106 Å². The molecule has 16 heavy (non-hydrogen) atoms. The maximum absolute atomic E-state index is 6.11. The van der Waals surface area contributed by atoms with Crippen molar-refractivity contribution >= 4 is 23.2 Å². The van der Waals surface area contributed by atoms with Gasteiger partial charge < -0.3 is 10.6 Å². The van der Waals surface area contributed by atoms with E-state index in [-0.39, 0.29) is 0 Å². The van der Waals surface area contributed by atoms with E-state index < -0.39 is 0 Å². The third kappa shape index (κ3) is 3.11. The SMILES string of the molecule is Clc1cccc(Cl)c1CN[C@H]1CCCNC1. The molecular formula is C12H16Cl2N2. The normalized spacial score (nSPS) is 21.0. The van der Waals surface area contributed by atoms with Gasteiger partial charge >= 0.3 is 0 Å². The average molecular weight is 259 g/mol. The van der Waals surface area contributed by atoms with Gasteiger partial charge in [0.1, 0.15) is 0 Å². The summed E-state index contributed by atoms with van der Waals surface area (Å²) >= 11 is 12.2. The molecule has 1 saturated heterocycles. The Kier molecular flexibility index (Phi) is 4.47. The van der Waals surface area contributed by atoms with Crippen molar-refractivity contribution in [1.82, 2.24) is 10.6 Å². The van der Waals surface area contributed by atoms with Gasteiger partial charge in [-0.25, -0.2) is 0 Å². The van der Waals surface area contributed by atoms with Crippen LogP contribution in [0.3, 0.4) is 0 Å². The minimum absolute atomic E-state index is 0.529. The molecule has 4 heteroatoms. The third-order valence-electron chi connectivity index (χ3n) is 2.93. The van der Waals surface area contributed by atoms with Crippen molar-refractivity contribution in [2.75, 3.05) is 13.1 Å². The lowest BCUT2D eigenvalue weighted by Crippen LogP contribution is -2.42. The minimum atomic E-state index is 0.529. The van der Waals surface area contributed by atoms with Crippen molar-refractivity contribution in [2.24, 2.45) is 0 Å². The summed E-state index contributed by atoms with van der Waals surface area (Å²) in [4.78, 5) is 0. The van der Waals surface area contributed by atoms with Gasteiger partial charge in [-0.3, -0.25) is 0 Å². The molecule has 1 atom stereocenters. The van der Waals surface area contributed by atoms with Crippen molar-refractivity contribution in [3.63, 3.8) is 0 Å². The zero-order valence-corrected chi connectivity index (χ0v) is 10.6. The molecule has 2 nitrogen and oxygen atoms in total. The Morgan fingerprint density at radius 3 is 2.69 bits per heavy atom. The molecule has 1 heterocycles. The highest BCUT2D eigenvalue weighted by atomic mass is 35.5. The van der Waals surface area contributed by atoms with Gasteiger partial charge in [-0.1, -0.05) is 29.3 Å². The molecule has 0 aliphatic carbocycles. The lowest BCUT2D eigenvalue weighted by atomic mass is 10.1. The topological polar surface area (TPSA) is 24.1 Å². The number of piperidine rings is 1. The fourth-order valence-corrected chi connectivity index (χ4v) is 2.50. The molecule has 0 unspecified atom stereocenters. The van der Waals surface area contributed by atoms with Gasteiger partial charge in [0, 0.05) is 34.7 Å². The second-order valence-corrected chi connectivity index (χ2v) is 4.94.